The summed E-state index contributed by atoms with van der Waals surface area (Å²) in [5.74, 6) is -0.250. The van der Waals surface area contributed by atoms with E-state index >= 15 is 0 Å². The van der Waals surface area contributed by atoms with E-state index in [-0.39, 0.29) is 11.9 Å². The molecule has 3 N–H and O–H groups in total. The number of primary amides is 1. The first-order chi connectivity index (χ1) is 7.15. The number of hydrogen-bond acceptors (Lipinski definition) is 3. The molecule has 0 aromatic heterocycles. The second-order valence-corrected chi connectivity index (χ2v) is 3.70. The zero-order chi connectivity index (χ0) is 11.7. The van der Waals surface area contributed by atoms with Crippen molar-refractivity contribution >= 4 is 5.91 Å². The van der Waals surface area contributed by atoms with Gasteiger partial charge in [0.15, 0.2) is 0 Å². The third kappa shape index (κ3) is 6.47. The predicted octanol–water partition coefficient (Wildman–Crippen LogP) is 0.572. The Morgan fingerprint density at radius 2 is 1.93 bits per heavy atom. The zero-order valence-electron chi connectivity index (χ0n) is 10.3. The molecule has 1 atom stereocenters. The number of carbonyl (C=O) groups is 1. The van der Waals surface area contributed by atoms with Crippen LogP contribution in [0.2, 0.25) is 0 Å². The summed E-state index contributed by atoms with van der Waals surface area (Å²) in [6.07, 6.45) is 1.83. The van der Waals surface area contributed by atoms with Gasteiger partial charge in [0.05, 0.1) is 6.04 Å². The van der Waals surface area contributed by atoms with Crippen molar-refractivity contribution in [1.82, 2.24) is 10.2 Å². The van der Waals surface area contributed by atoms with Crippen LogP contribution >= 0.6 is 0 Å². The van der Waals surface area contributed by atoms with E-state index in [9.17, 15) is 4.79 Å². The first kappa shape index (κ1) is 14.4. The van der Waals surface area contributed by atoms with E-state index in [0.29, 0.717) is 0 Å². The van der Waals surface area contributed by atoms with E-state index in [1.807, 2.05) is 6.92 Å². The number of carbonyl (C=O) groups excluding carboxylic acids is 1. The van der Waals surface area contributed by atoms with Crippen molar-refractivity contribution in [1.29, 1.82) is 0 Å². The van der Waals surface area contributed by atoms with Crippen LogP contribution in [0.1, 0.15) is 33.6 Å². The third-order valence-electron chi connectivity index (χ3n) is 2.69. The molecular formula is C11H25N3O. The van der Waals surface area contributed by atoms with Gasteiger partial charge in [-0.05, 0) is 39.0 Å². The molecule has 15 heavy (non-hydrogen) atoms. The molecular weight excluding hydrogens is 190 g/mol. The van der Waals surface area contributed by atoms with E-state index in [2.05, 4.69) is 24.1 Å². The molecule has 1 unspecified atom stereocenters. The van der Waals surface area contributed by atoms with E-state index in [0.717, 1.165) is 39.0 Å². The molecule has 0 aliphatic heterocycles. The minimum absolute atomic E-state index is 0.165. The summed E-state index contributed by atoms with van der Waals surface area (Å²) in [7, 11) is 0. The Kier molecular flexibility index (Phi) is 8.33. The lowest BCUT2D eigenvalue weighted by atomic mass is 10.2. The first-order valence-electron chi connectivity index (χ1n) is 5.90. The van der Waals surface area contributed by atoms with E-state index < -0.39 is 0 Å². The van der Waals surface area contributed by atoms with E-state index in [1.54, 1.807) is 0 Å². The maximum absolute atomic E-state index is 10.9. The SMILES string of the molecule is CCC(NCCCN(CC)CC)C(N)=O. The van der Waals surface area contributed by atoms with Crippen LogP contribution in [0, 0.1) is 0 Å². The third-order valence-corrected chi connectivity index (χ3v) is 2.69. The van der Waals surface area contributed by atoms with Crippen LogP contribution in [-0.2, 0) is 4.79 Å². The summed E-state index contributed by atoms with van der Waals surface area (Å²) in [5, 5.41) is 3.17. The van der Waals surface area contributed by atoms with Gasteiger partial charge in [0, 0.05) is 0 Å². The lowest BCUT2D eigenvalue weighted by Crippen LogP contribution is -2.41. The van der Waals surface area contributed by atoms with Gasteiger partial charge < -0.3 is 16.0 Å². The summed E-state index contributed by atoms with van der Waals surface area (Å²) in [4.78, 5) is 13.3. The Morgan fingerprint density at radius 1 is 1.33 bits per heavy atom. The summed E-state index contributed by atoms with van der Waals surface area (Å²) >= 11 is 0. The lowest BCUT2D eigenvalue weighted by Gasteiger charge is -2.19. The molecule has 0 aliphatic carbocycles. The Labute approximate surface area is 93.2 Å². The Balaban J connectivity index is 3.56. The second-order valence-electron chi connectivity index (χ2n) is 3.70. The van der Waals surface area contributed by atoms with Crippen LogP contribution in [0.4, 0.5) is 0 Å². The minimum atomic E-state index is -0.250. The molecule has 0 aromatic rings. The van der Waals surface area contributed by atoms with Crippen molar-refractivity contribution in [3.63, 3.8) is 0 Å². The number of amides is 1. The number of hydrogen-bond donors (Lipinski definition) is 2. The molecule has 0 bridgehead atoms. The van der Waals surface area contributed by atoms with Gasteiger partial charge in [-0.1, -0.05) is 20.8 Å². The highest BCUT2D eigenvalue weighted by molar-refractivity contribution is 5.79. The van der Waals surface area contributed by atoms with E-state index in [4.69, 9.17) is 5.73 Å². The van der Waals surface area contributed by atoms with Crippen LogP contribution in [0.25, 0.3) is 0 Å². The van der Waals surface area contributed by atoms with Crippen molar-refractivity contribution in [2.75, 3.05) is 26.2 Å². The Hall–Kier alpha value is -0.610. The Morgan fingerprint density at radius 3 is 2.33 bits per heavy atom. The quantitative estimate of drug-likeness (QED) is 0.553. The lowest BCUT2D eigenvalue weighted by molar-refractivity contribution is -0.120. The van der Waals surface area contributed by atoms with Crippen molar-refractivity contribution in [3.8, 4) is 0 Å². The van der Waals surface area contributed by atoms with Gasteiger partial charge >= 0.3 is 0 Å². The zero-order valence-corrected chi connectivity index (χ0v) is 10.3. The summed E-state index contributed by atoms with van der Waals surface area (Å²) < 4.78 is 0. The number of nitrogens with one attached hydrogen (secondary N) is 1. The molecule has 0 saturated carbocycles. The molecule has 0 aromatic carbocycles. The molecule has 4 heteroatoms. The maximum Gasteiger partial charge on any atom is 0.234 e. The minimum Gasteiger partial charge on any atom is -0.368 e. The number of nitrogens with zero attached hydrogens (tertiary/aromatic N) is 1. The second kappa shape index (κ2) is 8.68. The molecule has 0 fully saturated rings. The van der Waals surface area contributed by atoms with Crippen LogP contribution < -0.4 is 11.1 Å². The molecule has 0 rings (SSSR count). The van der Waals surface area contributed by atoms with Gasteiger partial charge in [-0.25, -0.2) is 0 Å². The van der Waals surface area contributed by atoms with Gasteiger partial charge in [0.25, 0.3) is 0 Å². The molecule has 90 valence electrons. The molecule has 0 aliphatic rings. The fourth-order valence-electron chi connectivity index (χ4n) is 1.56. The van der Waals surface area contributed by atoms with Crippen LogP contribution in [0.5, 0.6) is 0 Å². The van der Waals surface area contributed by atoms with Gasteiger partial charge in [-0.3, -0.25) is 4.79 Å². The monoisotopic (exact) mass is 215 g/mol. The van der Waals surface area contributed by atoms with Crippen LogP contribution in [0.15, 0.2) is 0 Å². The first-order valence-corrected chi connectivity index (χ1v) is 5.90. The van der Waals surface area contributed by atoms with Gasteiger partial charge in [-0.2, -0.15) is 0 Å². The van der Waals surface area contributed by atoms with Crippen LogP contribution in [-0.4, -0.2) is 43.0 Å². The fraction of sp³-hybridized carbons (Fsp3) is 0.909. The fourth-order valence-corrected chi connectivity index (χ4v) is 1.56. The highest BCUT2D eigenvalue weighted by Crippen LogP contribution is 1.92. The molecule has 0 spiro atoms. The summed E-state index contributed by atoms with van der Waals surface area (Å²) in [6.45, 7) is 10.4. The van der Waals surface area contributed by atoms with Crippen molar-refractivity contribution < 1.29 is 4.79 Å². The topological polar surface area (TPSA) is 58.4 Å². The maximum atomic E-state index is 10.9. The molecule has 0 radical (unpaired) electrons. The van der Waals surface area contributed by atoms with Crippen LogP contribution in [0.3, 0.4) is 0 Å². The molecule has 4 nitrogen and oxygen atoms in total. The van der Waals surface area contributed by atoms with Crippen molar-refractivity contribution in [2.45, 2.75) is 39.7 Å². The average molecular weight is 215 g/mol. The van der Waals surface area contributed by atoms with Crippen molar-refractivity contribution in [3.05, 3.63) is 0 Å². The molecule has 0 saturated heterocycles. The largest absolute Gasteiger partial charge is 0.368 e. The summed E-state index contributed by atoms with van der Waals surface area (Å²) in [5.41, 5.74) is 5.23. The number of nitrogens with two attached hydrogens (primary N) is 1. The van der Waals surface area contributed by atoms with Gasteiger partial charge in [0.1, 0.15) is 0 Å². The normalized spacial score (nSPS) is 13.1. The van der Waals surface area contributed by atoms with E-state index in [1.165, 1.54) is 0 Å². The highest BCUT2D eigenvalue weighted by atomic mass is 16.1. The molecule has 1 amide bonds. The van der Waals surface area contributed by atoms with Gasteiger partial charge in [0.2, 0.25) is 5.91 Å². The Bertz CT molecular complexity index is 169. The number of rotatable bonds is 9. The molecule has 0 heterocycles. The van der Waals surface area contributed by atoms with Crippen molar-refractivity contribution in [2.24, 2.45) is 5.73 Å². The predicted molar refractivity (Wildman–Crippen MR) is 63.7 cm³/mol. The summed E-state index contributed by atoms with van der Waals surface area (Å²) in [6, 6.07) is -0.165. The van der Waals surface area contributed by atoms with Gasteiger partial charge in [-0.15, -0.1) is 0 Å². The average Bonchev–Trinajstić information content (AvgIpc) is 2.23. The highest BCUT2D eigenvalue weighted by Gasteiger charge is 2.10. The standard InChI is InChI=1S/C11H25N3O/c1-4-10(11(12)15)13-8-7-9-14(5-2)6-3/h10,13H,4-9H2,1-3H3,(H2,12,15). The smallest absolute Gasteiger partial charge is 0.234 e.